The van der Waals surface area contributed by atoms with Crippen LogP contribution >= 0.6 is 23.2 Å². The van der Waals surface area contributed by atoms with Crippen LogP contribution in [0.5, 0.6) is 0 Å². The number of aromatic nitrogens is 3. The third-order valence-electron chi connectivity index (χ3n) is 3.66. The van der Waals surface area contributed by atoms with Crippen molar-refractivity contribution in [3.05, 3.63) is 46.0 Å². The summed E-state index contributed by atoms with van der Waals surface area (Å²) in [6, 6.07) is -1.41. The average molecular weight is 429 g/mol. The Morgan fingerprint density at radius 1 is 1.07 bits per heavy atom. The van der Waals surface area contributed by atoms with E-state index in [0.717, 1.165) is 17.6 Å². The van der Waals surface area contributed by atoms with E-state index < -0.39 is 51.8 Å². The molecule has 0 fully saturated rings. The van der Waals surface area contributed by atoms with Crippen LogP contribution in [0.25, 0.3) is 16.8 Å². The second kappa shape index (κ2) is 6.75. The van der Waals surface area contributed by atoms with Gasteiger partial charge in [-0.3, -0.25) is 0 Å². The Kier molecular flexibility index (Phi) is 4.89. The lowest BCUT2D eigenvalue weighted by Crippen LogP contribution is -2.34. The molecule has 0 saturated heterocycles. The predicted molar refractivity (Wildman–Crippen MR) is 87.5 cm³/mol. The number of nitrogens with one attached hydrogen (secondary N) is 1. The van der Waals surface area contributed by atoms with Crippen molar-refractivity contribution in [2.45, 2.75) is 19.1 Å². The van der Waals surface area contributed by atoms with Crippen LogP contribution < -0.4 is 5.32 Å². The number of nitrogens with zero attached hydrogens (tertiary/aromatic N) is 3. The van der Waals surface area contributed by atoms with Crippen LogP contribution in [0.4, 0.5) is 32.2 Å². The molecule has 0 radical (unpaired) electrons. The molecule has 27 heavy (non-hydrogen) atoms. The largest absolute Gasteiger partial charge is 0.408 e. The van der Waals surface area contributed by atoms with Crippen LogP contribution in [0.15, 0.2) is 18.3 Å². The average Bonchev–Trinajstić information content (AvgIpc) is 2.89. The minimum absolute atomic E-state index is 0.0498. The fourth-order valence-corrected chi connectivity index (χ4v) is 2.79. The summed E-state index contributed by atoms with van der Waals surface area (Å²) in [5.74, 6) is -4.47. The Hall–Kier alpha value is -2.20. The van der Waals surface area contributed by atoms with E-state index in [1.54, 1.807) is 0 Å². The van der Waals surface area contributed by atoms with E-state index in [1.807, 2.05) is 0 Å². The summed E-state index contributed by atoms with van der Waals surface area (Å²) >= 11 is 11.9. The highest BCUT2D eigenvalue weighted by Crippen LogP contribution is 2.40. The molecule has 4 nitrogen and oxygen atoms in total. The minimum Gasteiger partial charge on any atom is -0.358 e. The number of halogens is 8. The SMILES string of the molecule is C[C@H](Nc1c(-c2c(F)cc(F)cc2F)c(Cl)nc2c(Cl)cnn12)C(F)(F)F. The molecule has 3 rings (SSSR count). The Balaban J connectivity index is 2.36. The Morgan fingerprint density at radius 3 is 2.22 bits per heavy atom. The van der Waals surface area contributed by atoms with Gasteiger partial charge in [-0.25, -0.2) is 18.2 Å². The molecule has 1 atom stereocenters. The van der Waals surface area contributed by atoms with Crippen molar-refractivity contribution in [2.75, 3.05) is 5.32 Å². The van der Waals surface area contributed by atoms with Crippen LogP contribution in [-0.2, 0) is 0 Å². The lowest BCUT2D eigenvalue weighted by Gasteiger charge is -2.22. The number of anilines is 1. The lowest BCUT2D eigenvalue weighted by atomic mass is 10.1. The second-order valence-corrected chi connectivity index (χ2v) is 6.27. The second-order valence-electron chi connectivity index (χ2n) is 5.51. The first kappa shape index (κ1) is 19.6. The number of hydrogen-bond acceptors (Lipinski definition) is 3. The molecule has 1 aromatic carbocycles. The van der Waals surface area contributed by atoms with Crippen molar-refractivity contribution in [1.29, 1.82) is 0 Å². The topological polar surface area (TPSA) is 42.2 Å². The smallest absolute Gasteiger partial charge is 0.358 e. The van der Waals surface area contributed by atoms with Crippen molar-refractivity contribution < 1.29 is 26.3 Å². The molecule has 0 bridgehead atoms. The molecule has 1 N–H and O–H groups in total. The first-order valence-electron chi connectivity index (χ1n) is 7.21. The summed E-state index contributed by atoms with van der Waals surface area (Å²) in [5.41, 5.74) is -1.56. The van der Waals surface area contributed by atoms with Crippen LogP contribution in [0.2, 0.25) is 10.2 Å². The fourth-order valence-electron chi connectivity index (χ4n) is 2.36. The first-order chi connectivity index (χ1) is 12.5. The zero-order chi connectivity index (χ0) is 20.1. The summed E-state index contributed by atoms with van der Waals surface area (Å²) in [6.07, 6.45) is -3.62. The lowest BCUT2D eigenvalue weighted by molar-refractivity contribution is -0.138. The van der Waals surface area contributed by atoms with Gasteiger partial charge in [0, 0.05) is 12.1 Å². The van der Waals surface area contributed by atoms with Crippen molar-refractivity contribution in [2.24, 2.45) is 0 Å². The van der Waals surface area contributed by atoms with Gasteiger partial charge in [0.1, 0.15) is 39.5 Å². The highest BCUT2D eigenvalue weighted by Gasteiger charge is 2.37. The third-order valence-corrected chi connectivity index (χ3v) is 4.20. The van der Waals surface area contributed by atoms with Crippen LogP contribution in [0.3, 0.4) is 0 Å². The molecule has 0 aliphatic carbocycles. The van der Waals surface area contributed by atoms with E-state index in [-0.39, 0.29) is 10.7 Å². The van der Waals surface area contributed by atoms with E-state index in [2.05, 4.69) is 15.4 Å². The van der Waals surface area contributed by atoms with Crippen molar-refractivity contribution in [1.82, 2.24) is 14.6 Å². The standard InChI is InChI=1S/C15H8Cl2F6N4/c1-5(15(21,22)23)25-14-11(10-8(19)2-6(18)3-9(10)20)12(17)26-13-7(16)4-24-27(13)14/h2-5,25H,1H3/t5-/m0/s1. The number of benzene rings is 1. The highest BCUT2D eigenvalue weighted by atomic mass is 35.5. The number of alkyl halides is 3. The summed E-state index contributed by atoms with van der Waals surface area (Å²) < 4.78 is 81.6. The summed E-state index contributed by atoms with van der Waals surface area (Å²) in [4.78, 5) is 3.83. The molecule has 0 aliphatic heterocycles. The van der Waals surface area contributed by atoms with Crippen LogP contribution in [0.1, 0.15) is 6.92 Å². The molecule has 3 aromatic rings. The van der Waals surface area contributed by atoms with Crippen molar-refractivity contribution in [3.63, 3.8) is 0 Å². The normalized spacial score (nSPS) is 13.2. The maximum Gasteiger partial charge on any atom is 0.408 e. The molecule has 0 aliphatic rings. The van der Waals surface area contributed by atoms with Crippen LogP contribution in [0, 0.1) is 17.5 Å². The predicted octanol–water partition coefficient (Wildman–Crippen LogP) is 5.48. The van der Waals surface area contributed by atoms with Gasteiger partial charge in [0.15, 0.2) is 5.65 Å². The highest BCUT2D eigenvalue weighted by molar-refractivity contribution is 6.35. The molecular weight excluding hydrogens is 421 g/mol. The van der Waals surface area contributed by atoms with Gasteiger partial charge < -0.3 is 5.32 Å². The summed E-state index contributed by atoms with van der Waals surface area (Å²) in [6.45, 7) is 0.784. The van der Waals surface area contributed by atoms with Gasteiger partial charge in [-0.15, -0.1) is 0 Å². The Bertz CT molecular complexity index is 1010. The number of rotatable bonds is 3. The van der Waals surface area contributed by atoms with Gasteiger partial charge in [0.05, 0.1) is 17.3 Å². The quantitative estimate of drug-likeness (QED) is 0.443. The molecule has 144 valence electrons. The van der Waals surface area contributed by atoms with Gasteiger partial charge >= 0.3 is 6.18 Å². The molecule has 12 heteroatoms. The Labute approximate surface area is 157 Å². The van der Waals surface area contributed by atoms with E-state index in [0.29, 0.717) is 12.1 Å². The molecule has 0 unspecified atom stereocenters. The molecule has 2 heterocycles. The molecule has 0 spiro atoms. The van der Waals surface area contributed by atoms with E-state index in [1.165, 1.54) is 0 Å². The molecule has 2 aromatic heterocycles. The van der Waals surface area contributed by atoms with Crippen molar-refractivity contribution in [3.8, 4) is 11.1 Å². The van der Waals surface area contributed by atoms with Gasteiger partial charge in [-0.1, -0.05) is 23.2 Å². The zero-order valence-corrected chi connectivity index (χ0v) is 14.7. The molecule has 0 amide bonds. The maximum absolute atomic E-state index is 14.3. The van der Waals surface area contributed by atoms with E-state index in [4.69, 9.17) is 23.2 Å². The molecular formula is C15H8Cl2F6N4. The maximum atomic E-state index is 14.3. The monoisotopic (exact) mass is 428 g/mol. The molecule has 0 saturated carbocycles. The van der Waals surface area contributed by atoms with Crippen molar-refractivity contribution >= 4 is 34.7 Å². The first-order valence-corrected chi connectivity index (χ1v) is 7.97. The zero-order valence-electron chi connectivity index (χ0n) is 13.2. The van der Waals surface area contributed by atoms with E-state index >= 15 is 0 Å². The van der Waals surface area contributed by atoms with Gasteiger partial charge in [-0.2, -0.15) is 22.8 Å². The van der Waals surface area contributed by atoms with Crippen LogP contribution in [-0.4, -0.2) is 26.8 Å². The fraction of sp³-hybridized carbons (Fsp3) is 0.200. The summed E-state index contributed by atoms with van der Waals surface area (Å²) in [7, 11) is 0. The van der Waals surface area contributed by atoms with E-state index in [9.17, 15) is 26.3 Å². The number of hydrogen-bond donors (Lipinski definition) is 1. The van der Waals surface area contributed by atoms with Gasteiger partial charge in [-0.05, 0) is 6.92 Å². The third kappa shape index (κ3) is 3.51. The van der Waals surface area contributed by atoms with Gasteiger partial charge in [0.2, 0.25) is 0 Å². The Morgan fingerprint density at radius 2 is 1.67 bits per heavy atom. The van der Waals surface area contributed by atoms with Gasteiger partial charge in [0.25, 0.3) is 0 Å². The minimum atomic E-state index is -4.70. The summed E-state index contributed by atoms with van der Waals surface area (Å²) in [5, 5.41) is 5.25. The number of fused-ring (bicyclic) bond motifs is 1.